The smallest absolute Gasteiger partial charge is 0.429 e. The fourth-order valence-corrected chi connectivity index (χ4v) is 6.48. The van der Waals surface area contributed by atoms with Crippen LogP contribution in [0.1, 0.15) is 47.8 Å². The Balaban J connectivity index is 1.31. The van der Waals surface area contributed by atoms with Gasteiger partial charge in [0.05, 0.1) is 18.0 Å². The van der Waals surface area contributed by atoms with Gasteiger partial charge >= 0.3 is 12.1 Å². The summed E-state index contributed by atoms with van der Waals surface area (Å²) in [7, 11) is 0. The van der Waals surface area contributed by atoms with Gasteiger partial charge in [-0.15, -0.1) is 0 Å². The maximum absolute atomic E-state index is 14.9. The summed E-state index contributed by atoms with van der Waals surface area (Å²) in [5.41, 5.74) is 9.39. The molecular formula is C33H36F3N7O4. The molecule has 2 aliphatic rings. The molecule has 5 N–H and O–H groups in total. The number of piperidine rings is 1. The molecule has 6 rings (SSSR count). The molecule has 14 heteroatoms. The molecule has 2 unspecified atom stereocenters. The number of aliphatic hydroxyl groups is 1. The number of ether oxygens (including phenoxy) is 1. The van der Waals surface area contributed by atoms with Crippen molar-refractivity contribution in [2.45, 2.75) is 58.0 Å². The largest absolute Gasteiger partial charge is 0.480 e. The zero-order valence-corrected chi connectivity index (χ0v) is 26.0. The molecule has 2 aliphatic heterocycles. The number of anilines is 2. The normalized spacial score (nSPS) is 18.4. The van der Waals surface area contributed by atoms with Crippen LogP contribution in [0.4, 0.5) is 24.9 Å². The summed E-state index contributed by atoms with van der Waals surface area (Å²) in [6.07, 6.45) is -3.79. The number of aromatic nitrogens is 4. The molecule has 4 heterocycles. The predicted octanol–water partition coefficient (Wildman–Crippen LogP) is 4.74. The van der Waals surface area contributed by atoms with Crippen LogP contribution in [0.15, 0.2) is 54.7 Å². The molecular weight excluding hydrogens is 615 g/mol. The van der Waals surface area contributed by atoms with Crippen LogP contribution in [0.5, 0.6) is 5.88 Å². The van der Waals surface area contributed by atoms with Gasteiger partial charge in [0.15, 0.2) is 0 Å². The van der Waals surface area contributed by atoms with Crippen molar-refractivity contribution in [2.75, 3.05) is 30.3 Å². The number of carbonyl (C=O) groups is 1. The second-order valence-corrected chi connectivity index (χ2v) is 12.4. The molecule has 0 bridgehead atoms. The summed E-state index contributed by atoms with van der Waals surface area (Å²) >= 11 is 0. The van der Waals surface area contributed by atoms with E-state index in [1.165, 1.54) is 16.8 Å². The first kappa shape index (κ1) is 32.3. The fourth-order valence-electron chi connectivity index (χ4n) is 6.48. The molecule has 2 aromatic heterocycles. The Morgan fingerprint density at radius 2 is 1.83 bits per heavy atom. The minimum absolute atomic E-state index is 0.162. The quantitative estimate of drug-likeness (QED) is 0.210. The molecule has 0 amide bonds. The van der Waals surface area contributed by atoms with Crippen LogP contribution in [-0.2, 0) is 11.4 Å². The van der Waals surface area contributed by atoms with Gasteiger partial charge in [0.25, 0.3) is 0 Å². The number of alkyl halides is 3. The fraction of sp³-hybridized carbons (Fsp3) is 0.394. The van der Waals surface area contributed by atoms with Gasteiger partial charge in [-0.1, -0.05) is 24.3 Å². The number of hydrogen-bond acceptors (Lipinski definition) is 9. The second-order valence-electron chi connectivity index (χ2n) is 12.4. The highest BCUT2D eigenvalue weighted by molar-refractivity contribution is 5.74. The van der Waals surface area contributed by atoms with E-state index >= 15 is 0 Å². The van der Waals surface area contributed by atoms with E-state index < -0.39 is 24.3 Å². The number of nitrogens with two attached hydrogens (primary N) is 1. The van der Waals surface area contributed by atoms with Gasteiger partial charge in [-0.3, -0.25) is 4.79 Å². The van der Waals surface area contributed by atoms with Gasteiger partial charge < -0.3 is 30.9 Å². The zero-order chi connectivity index (χ0) is 33.5. The number of aliphatic carboxylic acids is 1. The Kier molecular flexibility index (Phi) is 8.57. The average molecular weight is 652 g/mol. The summed E-state index contributed by atoms with van der Waals surface area (Å²) in [5.74, 6) is -1.10. The van der Waals surface area contributed by atoms with Crippen LogP contribution in [0.3, 0.4) is 0 Å². The number of carboxylic acid groups (broad SMARTS) is 1. The highest BCUT2D eigenvalue weighted by Gasteiger charge is 2.46. The summed E-state index contributed by atoms with van der Waals surface area (Å²) in [6.45, 7) is 5.08. The number of aryl methyl sites for hydroxylation is 2. The first-order valence-corrected chi connectivity index (χ1v) is 15.3. The Bertz CT molecular complexity index is 1790. The van der Waals surface area contributed by atoms with Crippen molar-refractivity contribution in [1.82, 2.24) is 25.1 Å². The first-order valence-electron chi connectivity index (χ1n) is 15.3. The van der Waals surface area contributed by atoms with Crippen LogP contribution in [0.25, 0.3) is 16.8 Å². The van der Waals surface area contributed by atoms with Crippen LogP contribution < -0.4 is 20.7 Å². The Hall–Kier alpha value is -4.69. The minimum atomic E-state index is -4.85. The van der Waals surface area contributed by atoms with Crippen LogP contribution in [0, 0.1) is 19.3 Å². The van der Waals surface area contributed by atoms with Gasteiger partial charge in [-0.25, -0.2) is 4.68 Å². The lowest BCUT2D eigenvalue weighted by Gasteiger charge is -2.39. The lowest BCUT2D eigenvalue weighted by Crippen LogP contribution is -2.41. The van der Waals surface area contributed by atoms with Crippen molar-refractivity contribution < 1.29 is 32.9 Å². The molecule has 0 radical (unpaired) electrons. The van der Waals surface area contributed by atoms with E-state index in [1.54, 1.807) is 31.3 Å². The van der Waals surface area contributed by atoms with Crippen molar-refractivity contribution in [1.29, 1.82) is 0 Å². The van der Waals surface area contributed by atoms with E-state index in [9.17, 15) is 28.2 Å². The summed E-state index contributed by atoms with van der Waals surface area (Å²) in [6, 6.07) is 12.5. The van der Waals surface area contributed by atoms with Crippen molar-refractivity contribution in [2.24, 2.45) is 5.41 Å². The van der Waals surface area contributed by atoms with E-state index in [0.717, 1.165) is 11.1 Å². The summed E-state index contributed by atoms with van der Waals surface area (Å²) < 4.78 is 51.6. The average Bonchev–Trinajstić information content (AvgIpc) is 3.66. The SMILES string of the molecule is Cc1ccn(-c2cc(-c3ccc(C)c(CO)c3)ccc2C(Oc2cc(N3CCC4(CC3)CNC(C(=O)O)C4)nc(N)n2)C(F)(F)F)n1. The molecule has 47 heavy (non-hydrogen) atoms. The van der Waals surface area contributed by atoms with E-state index in [4.69, 9.17) is 10.5 Å². The topological polar surface area (TPSA) is 152 Å². The Labute approximate surface area is 269 Å². The summed E-state index contributed by atoms with van der Waals surface area (Å²) in [5, 5.41) is 26.6. The molecule has 2 fully saturated rings. The van der Waals surface area contributed by atoms with Crippen molar-refractivity contribution in [3.8, 4) is 22.7 Å². The highest BCUT2D eigenvalue weighted by Crippen LogP contribution is 2.43. The number of carboxylic acids is 1. The van der Waals surface area contributed by atoms with Crippen LogP contribution in [-0.4, -0.2) is 67.8 Å². The monoisotopic (exact) mass is 651 g/mol. The van der Waals surface area contributed by atoms with E-state index in [2.05, 4.69) is 20.4 Å². The Morgan fingerprint density at radius 3 is 2.47 bits per heavy atom. The third-order valence-corrected chi connectivity index (χ3v) is 9.18. The van der Waals surface area contributed by atoms with Gasteiger partial charge in [0, 0.05) is 37.5 Å². The molecule has 248 valence electrons. The second kappa shape index (κ2) is 12.5. The van der Waals surface area contributed by atoms with Gasteiger partial charge in [-0.05, 0) is 79.0 Å². The highest BCUT2D eigenvalue weighted by atomic mass is 19.4. The third kappa shape index (κ3) is 6.74. The maximum Gasteiger partial charge on any atom is 0.429 e. The first-order chi connectivity index (χ1) is 22.3. The summed E-state index contributed by atoms with van der Waals surface area (Å²) in [4.78, 5) is 21.6. The molecule has 2 aromatic carbocycles. The molecule has 2 atom stereocenters. The van der Waals surface area contributed by atoms with Gasteiger partial charge in [-0.2, -0.15) is 28.2 Å². The number of hydrogen-bond donors (Lipinski definition) is 4. The van der Waals surface area contributed by atoms with Gasteiger partial charge in [0.1, 0.15) is 11.9 Å². The zero-order valence-electron chi connectivity index (χ0n) is 26.0. The number of nitrogen functional groups attached to an aromatic ring is 1. The van der Waals surface area contributed by atoms with Crippen LogP contribution >= 0.6 is 0 Å². The van der Waals surface area contributed by atoms with Crippen molar-refractivity contribution in [3.05, 3.63) is 77.1 Å². The number of aliphatic hydroxyl groups excluding tert-OH is 1. The van der Waals surface area contributed by atoms with E-state index in [1.807, 2.05) is 30.0 Å². The van der Waals surface area contributed by atoms with E-state index in [-0.39, 0.29) is 35.1 Å². The lowest BCUT2D eigenvalue weighted by atomic mass is 9.76. The number of halogens is 3. The van der Waals surface area contributed by atoms with Crippen LogP contribution in [0.2, 0.25) is 0 Å². The molecule has 4 aromatic rings. The minimum Gasteiger partial charge on any atom is -0.480 e. The molecule has 2 saturated heterocycles. The number of benzene rings is 2. The molecule has 11 nitrogen and oxygen atoms in total. The number of nitrogens with zero attached hydrogens (tertiary/aromatic N) is 5. The third-order valence-electron chi connectivity index (χ3n) is 9.18. The number of nitrogens with one attached hydrogen (secondary N) is 1. The lowest BCUT2D eigenvalue weighted by molar-refractivity contribution is -0.198. The van der Waals surface area contributed by atoms with Crippen molar-refractivity contribution >= 4 is 17.7 Å². The molecule has 0 aliphatic carbocycles. The number of rotatable bonds is 8. The predicted molar refractivity (Wildman–Crippen MR) is 168 cm³/mol. The van der Waals surface area contributed by atoms with Gasteiger partial charge in [0.2, 0.25) is 17.9 Å². The maximum atomic E-state index is 14.9. The molecule has 1 spiro atoms. The molecule has 0 saturated carbocycles. The standard InChI is InChI=1S/C33H36F3N7O4/c1-19-3-4-21(13-23(19)17-44)22-5-6-24(26(14-22)43-10-7-20(2)41-43)29(33(34,35)36)47-28-15-27(39-31(37)40-28)42-11-8-32(9-12-42)16-25(30(45)46)38-18-32/h3-7,10,13-15,25,29,38,44H,8-9,11-12,16-18H2,1-2H3,(H,45,46)(H2,37,39,40). The van der Waals surface area contributed by atoms with Crippen molar-refractivity contribution in [3.63, 3.8) is 0 Å². The Morgan fingerprint density at radius 1 is 1.11 bits per heavy atom. The van der Waals surface area contributed by atoms with E-state index in [0.29, 0.717) is 61.5 Å².